The molecule has 0 bridgehead atoms. The molecule has 0 radical (unpaired) electrons. The molecular weight excluding hydrogens is 370 g/mol. The van der Waals surface area contributed by atoms with Gasteiger partial charge in [-0.2, -0.15) is 0 Å². The number of pyridine rings is 1. The van der Waals surface area contributed by atoms with E-state index >= 15 is 0 Å². The van der Waals surface area contributed by atoms with Gasteiger partial charge in [-0.3, -0.25) is 19.0 Å². The third-order valence-electron chi connectivity index (χ3n) is 6.03. The van der Waals surface area contributed by atoms with Gasteiger partial charge in [0.25, 0.3) is 0 Å². The van der Waals surface area contributed by atoms with Crippen molar-refractivity contribution in [3.63, 3.8) is 0 Å². The van der Waals surface area contributed by atoms with Crippen LogP contribution in [0.25, 0.3) is 10.9 Å². The van der Waals surface area contributed by atoms with Gasteiger partial charge in [-0.25, -0.2) is 0 Å². The van der Waals surface area contributed by atoms with Gasteiger partial charge in [-0.1, -0.05) is 26.3 Å². The van der Waals surface area contributed by atoms with Crippen molar-refractivity contribution >= 4 is 21.7 Å². The maximum atomic E-state index is 11.7. The fourth-order valence-electron chi connectivity index (χ4n) is 4.46. The SMILES string of the molecule is CCCC(CC)N1COc2c(cc(CN3CCS(=O)CC3)c3cccnc23)C1. The van der Waals surface area contributed by atoms with Crippen LogP contribution in [0.3, 0.4) is 0 Å². The number of ether oxygens (including phenoxy) is 1. The van der Waals surface area contributed by atoms with Crippen LogP contribution in [0.2, 0.25) is 0 Å². The number of hydrogen-bond donors (Lipinski definition) is 0. The van der Waals surface area contributed by atoms with E-state index in [1.54, 1.807) is 0 Å². The molecule has 1 saturated heterocycles. The van der Waals surface area contributed by atoms with Gasteiger partial charge in [0.15, 0.2) is 5.75 Å². The Labute approximate surface area is 170 Å². The fourth-order valence-corrected chi connectivity index (χ4v) is 5.59. The van der Waals surface area contributed by atoms with Crippen LogP contribution >= 0.6 is 0 Å². The lowest BCUT2D eigenvalue weighted by atomic mass is 9.99. The standard InChI is InChI=1S/C22H31N3O2S/c1-3-6-19(4-2)25-15-18-13-17(14-24-9-11-28(26)12-10-24)20-7-5-8-23-21(20)22(18)27-16-25/h5,7-8,13,19H,3-4,6,9-12,14-16H2,1-2H3. The Kier molecular flexibility index (Phi) is 6.28. The van der Waals surface area contributed by atoms with Crippen molar-refractivity contribution < 1.29 is 8.95 Å². The summed E-state index contributed by atoms with van der Waals surface area (Å²) >= 11 is 0. The summed E-state index contributed by atoms with van der Waals surface area (Å²) in [5, 5.41) is 1.18. The van der Waals surface area contributed by atoms with Crippen LogP contribution in [0.15, 0.2) is 24.4 Å². The van der Waals surface area contributed by atoms with Gasteiger partial charge >= 0.3 is 0 Å². The minimum absolute atomic E-state index is 0.568. The minimum atomic E-state index is -0.642. The summed E-state index contributed by atoms with van der Waals surface area (Å²) < 4.78 is 17.9. The van der Waals surface area contributed by atoms with Crippen molar-refractivity contribution in [1.82, 2.24) is 14.8 Å². The highest BCUT2D eigenvalue weighted by molar-refractivity contribution is 7.85. The molecule has 0 amide bonds. The second-order valence-corrected chi connectivity index (χ2v) is 9.61. The first-order valence-corrected chi connectivity index (χ1v) is 12.0. The minimum Gasteiger partial charge on any atom is -0.475 e. The van der Waals surface area contributed by atoms with Crippen LogP contribution in [0.5, 0.6) is 5.75 Å². The zero-order valence-corrected chi connectivity index (χ0v) is 17.8. The molecule has 0 aliphatic carbocycles. The molecule has 4 rings (SSSR count). The summed E-state index contributed by atoms with van der Waals surface area (Å²) in [6.07, 6.45) is 5.41. The summed E-state index contributed by atoms with van der Waals surface area (Å²) in [6, 6.07) is 7.06. The summed E-state index contributed by atoms with van der Waals surface area (Å²) in [4.78, 5) is 9.56. The van der Waals surface area contributed by atoms with Crippen LogP contribution < -0.4 is 4.74 Å². The molecule has 6 heteroatoms. The molecule has 2 aliphatic rings. The van der Waals surface area contributed by atoms with Gasteiger partial charge < -0.3 is 4.74 Å². The predicted octanol–water partition coefficient (Wildman–Crippen LogP) is 3.53. The van der Waals surface area contributed by atoms with Crippen LogP contribution in [-0.2, 0) is 23.9 Å². The first kappa shape index (κ1) is 19.8. The van der Waals surface area contributed by atoms with Gasteiger partial charge in [-0.05, 0) is 30.5 Å². The van der Waals surface area contributed by atoms with Crippen LogP contribution in [0.4, 0.5) is 0 Å². The van der Waals surface area contributed by atoms with Crippen molar-refractivity contribution in [1.29, 1.82) is 0 Å². The number of fused-ring (bicyclic) bond motifs is 3. The average molecular weight is 402 g/mol. The molecule has 1 aromatic heterocycles. The highest BCUT2D eigenvalue weighted by Crippen LogP contribution is 2.36. The molecule has 2 aromatic rings. The van der Waals surface area contributed by atoms with E-state index in [1.807, 2.05) is 12.3 Å². The van der Waals surface area contributed by atoms with E-state index in [4.69, 9.17) is 4.74 Å². The van der Waals surface area contributed by atoms with E-state index in [0.29, 0.717) is 12.8 Å². The molecule has 0 N–H and O–H groups in total. The third kappa shape index (κ3) is 4.09. The highest BCUT2D eigenvalue weighted by atomic mass is 32.2. The number of benzene rings is 1. The second kappa shape index (κ2) is 8.89. The molecule has 1 fully saturated rings. The maximum Gasteiger partial charge on any atom is 0.152 e. The summed E-state index contributed by atoms with van der Waals surface area (Å²) in [5.41, 5.74) is 3.55. The zero-order valence-electron chi connectivity index (χ0n) is 17.0. The van der Waals surface area contributed by atoms with E-state index in [0.717, 1.165) is 55.4 Å². The molecule has 28 heavy (non-hydrogen) atoms. The van der Waals surface area contributed by atoms with Gasteiger partial charge in [0.2, 0.25) is 0 Å². The molecule has 0 spiro atoms. The molecule has 1 unspecified atom stereocenters. The Morgan fingerprint density at radius 2 is 2.11 bits per heavy atom. The normalized spacial score (nSPS) is 20.1. The van der Waals surface area contributed by atoms with Crippen molar-refractivity contribution in [2.45, 2.75) is 52.2 Å². The molecular formula is C22H31N3O2S. The van der Waals surface area contributed by atoms with E-state index in [9.17, 15) is 4.21 Å². The quantitative estimate of drug-likeness (QED) is 0.741. The van der Waals surface area contributed by atoms with Crippen molar-refractivity contribution in [3.05, 3.63) is 35.5 Å². The fraction of sp³-hybridized carbons (Fsp3) is 0.591. The van der Waals surface area contributed by atoms with Crippen LogP contribution in [0, 0.1) is 0 Å². The molecule has 1 atom stereocenters. The maximum absolute atomic E-state index is 11.7. The van der Waals surface area contributed by atoms with Gasteiger partial charge in [-0.15, -0.1) is 0 Å². The van der Waals surface area contributed by atoms with E-state index in [-0.39, 0.29) is 0 Å². The topological polar surface area (TPSA) is 45.7 Å². The Morgan fingerprint density at radius 3 is 2.86 bits per heavy atom. The number of aromatic nitrogens is 1. The monoisotopic (exact) mass is 401 g/mol. The lowest BCUT2D eigenvalue weighted by Crippen LogP contribution is -2.40. The molecule has 1 aromatic carbocycles. The molecule has 152 valence electrons. The average Bonchev–Trinajstić information content (AvgIpc) is 2.73. The number of hydrogen-bond acceptors (Lipinski definition) is 5. The summed E-state index contributed by atoms with van der Waals surface area (Å²) in [6.45, 7) is 8.79. The Morgan fingerprint density at radius 1 is 1.29 bits per heavy atom. The molecule has 0 saturated carbocycles. The summed E-state index contributed by atoms with van der Waals surface area (Å²) in [5.74, 6) is 2.53. The molecule has 3 heterocycles. The first-order valence-electron chi connectivity index (χ1n) is 10.5. The highest BCUT2D eigenvalue weighted by Gasteiger charge is 2.26. The van der Waals surface area contributed by atoms with Gasteiger partial charge in [0, 0.05) is 71.7 Å². The Balaban J connectivity index is 1.65. The van der Waals surface area contributed by atoms with Crippen LogP contribution in [0.1, 0.15) is 44.2 Å². The Hall–Kier alpha value is -1.50. The molecule has 2 aliphatic heterocycles. The van der Waals surface area contributed by atoms with Crippen LogP contribution in [-0.4, -0.2) is 56.4 Å². The lowest BCUT2D eigenvalue weighted by Gasteiger charge is -2.36. The first-order chi connectivity index (χ1) is 13.7. The smallest absolute Gasteiger partial charge is 0.152 e. The lowest BCUT2D eigenvalue weighted by molar-refractivity contribution is 0.0510. The Bertz CT molecular complexity index is 847. The van der Waals surface area contributed by atoms with Crippen molar-refractivity contribution in [2.75, 3.05) is 31.3 Å². The van der Waals surface area contributed by atoms with E-state index < -0.39 is 10.8 Å². The largest absolute Gasteiger partial charge is 0.475 e. The van der Waals surface area contributed by atoms with Crippen molar-refractivity contribution in [2.24, 2.45) is 0 Å². The zero-order chi connectivity index (χ0) is 19.5. The van der Waals surface area contributed by atoms with E-state index in [1.165, 1.54) is 29.4 Å². The molecule has 5 nitrogen and oxygen atoms in total. The van der Waals surface area contributed by atoms with Gasteiger partial charge in [0.05, 0.1) is 0 Å². The second-order valence-electron chi connectivity index (χ2n) is 7.92. The number of nitrogens with zero attached hydrogens (tertiary/aromatic N) is 3. The van der Waals surface area contributed by atoms with Crippen molar-refractivity contribution in [3.8, 4) is 5.75 Å². The van der Waals surface area contributed by atoms with E-state index in [2.05, 4.69) is 40.8 Å². The predicted molar refractivity (Wildman–Crippen MR) is 115 cm³/mol. The van der Waals surface area contributed by atoms with Gasteiger partial charge in [0.1, 0.15) is 12.2 Å². The number of rotatable bonds is 6. The third-order valence-corrected chi connectivity index (χ3v) is 7.31. The summed E-state index contributed by atoms with van der Waals surface area (Å²) in [7, 11) is -0.642.